The molecular weight excluding hydrogens is 618 g/mol. The zero-order chi connectivity index (χ0) is 32.0. The molecule has 10 nitrogen and oxygen atoms in total. The lowest BCUT2D eigenvalue weighted by Gasteiger charge is -2.16. The molecule has 4 aromatic rings. The third kappa shape index (κ3) is 6.69. The highest BCUT2D eigenvalue weighted by molar-refractivity contribution is 6.32. The fourth-order valence-electron chi connectivity index (χ4n) is 4.45. The number of carbonyl (C=O) groups excluding carboxylic acids is 2. The smallest absolute Gasteiger partial charge is 0.352 e. The van der Waals surface area contributed by atoms with Gasteiger partial charge >= 0.3 is 12.4 Å². The Kier molecular flexibility index (Phi) is 8.13. The third-order valence-electron chi connectivity index (χ3n) is 6.64. The van der Waals surface area contributed by atoms with E-state index in [4.69, 9.17) is 11.6 Å². The molecule has 44 heavy (non-hydrogen) atoms. The van der Waals surface area contributed by atoms with E-state index in [2.05, 4.69) is 30.9 Å². The molecule has 0 aliphatic heterocycles. The molecule has 0 saturated heterocycles. The van der Waals surface area contributed by atoms with Crippen LogP contribution in [0.2, 0.25) is 5.02 Å². The number of amides is 2. The number of hydrogen-bond acceptors (Lipinski definition) is 6. The Bertz CT molecular complexity index is 1710. The zero-order valence-electron chi connectivity index (χ0n) is 23.0. The molecule has 3 aromatic heterocycles. The van der Waals surface area contributed by atoms with E-state index >= 15 is 0 Å². The molecule has 0 bridgehead atoms. The van der Waals surface area contributed by atoms with Gasteiger partial charge in [0.2, 0.25) is 0 Å². The molecule has 3 heterocycles. The minimum atomic E-state index is -5.43. The quantitative estimate of drug-likeness (QED) is 0.242. The summed E-state index contributed by atoms with van der Waals surface area (Å²) in [5.74, 6) is -0.850. The van der Waals surface area contributed by atoms with Gasteiger partial charge in [-0.2, -0.15) is 36.2 Å². The highest BCUT2D eigenvalue weighted by Crippen LogP contribution is 2.38. The zero-order valence-corrected chi connectivity index (χ0v) is 23.8. The molecule has 0 spiro atoms. The first-order valence-electron chi connectivity index (χ1n) is 13.1. The van der Waals surface area contributed by atoms with Crippen molar-refractivity contribution in [2.75, 3.05) is 11.9 Å². The van der Waals surface area contributed by atoms with Gasteiger partial charge in [0.15, 0.2) is 17.2 Å². The van der Waals surface area contributed by atoms with Crippen LogP contribution in [0.4, 0.5) is 32.0 Å². The summed E-state index contributed by atoms with van der Waals surface area (Å²) in [4.78, 5) is 31.0. The van der Waals surface area contributed by atoms with E-state index in [1.165, 1.54) is 18.3 Å². The molecular formula is C27H23ClF6N8O2. The molecule has 0 atom stereocenters. The van der Waals surface area contributed by atoms with E-state index in [1.807, 2.05) is 0 Å². The molecule has 1 saturated carbocycles. The fourth-order valence-corrected chi connectivity index (χ4v) is 4.66. The first-order valence-corrected chi connectivity index (χ1v) is 13.5. The van der Waals surface area contributed by atoms with Crippen LogP contribution in [0, 0.1) is 19.8 Å². The summed E-state index contributed by atoms with van der Waals surface area (Å²) in [5, 5.41) is 15.8. The second-order valence-electron chi connectivity index (χ2n) is 10.3. The van der Waals surface area contributed by atoms with Crippen molar-refractivity contribution in [1.82, 2.24) is 35.1 Å². The van der Waals surface area contributed by atoms with E-state index in [-0.39, 0.29) is 38.3 Å². The SMILES string of the molecule is Cc1cc(C)c(NC(=O)c2cc(Cn3nc(C(F)(F)F)c(C(F)(F)F)n3)nn2-c2ncccc2Cl)c(C(=O)NCC2CC2)c1. The van der Waals surface area contributed by atoms with Crippen LogP contribution in [0.3, 0.4) is 0 Å². The predicted molar refractivity (Wildman–Crippen MR) is 144 cm³/mol. The summed E-state index contributed by atoms with van der Waals surface area (Å²) in [6, 6.07) is 7.44. The summed E-state index contributed by atoms with van der Waals surface area (Å²) in [5.41, 5.74) is -3.09. The molecule has 2 N–H and O–H groups in total. The van der Waals surface area contributed by atoms with Gasteiger partial charge in [-0.3, -0.25) is 9.59 Å². The van der Waals surface area contributed by atoms with Gasteiger partial charge in [-0.1, -0.05) is 17.7 Å². The maximum Gasteiger partial charge on any atom is 0.437 e. The van der Waals surface area contributed by atoms with Crippen LogP contribution in [0.1, 0.15) is 61.9 Å². The average molecular weight is 641 g/mol. The highest BCUT2D eigenvalue weighted by atomic mass is 35.5. The first-order chi connectivity index (χ1) is 20.6. The van der Waals surface area contributed by atoms with Gasteiger partial charge in [-0.15, -0.1) is 10.2 Å². The third-order valence-corrected chi connectivity index (χ3v) is 6.93. The molecule has 5 rings (SSSR count). The Morgan fingerprint density at radius 1 is 0.977 bits per heavy atom. The van der Waals surface area contributed by atoms with Crippen LogP contribution in [0.15, 0.2) is 36.5 Å². The van der Waals surface area contributed by atoms with Crippen LogP contribution in [0.5, 0.6) is 0 Å². The van der Waals surface area contributed by atoms with E-state index in [0.717, 1.165) is 29.2 Å². The van der Waals surface area contributed by atoms with Crippen molar-refractivity contribution in [3.8, 4) is 5.82 Å². The second kappa shape index (κ2) is 11.6. The van der Waals surface area contributed by atoms with Crippen molar-refractivity contribution < 1.29 is 35.9 Å². The van der Waals surface area contributed by atoms with E-state index in [1.54, 1.807) is 26.0 Å². The minimum Gasteiger partial charge on any atom is -0.352 e. The number of nitrogens with one attached hydrogen (secondary N) is 2. The molecule has 2 amide bonds. The van der Waals surface area contributed by atoms with Crippen LogP contribution in [0.25, 0.3) is 5.82 Å². The topological polar surface area (TPSA) is 120 Å². The standard InChI is InChI=1S/C27H23ClF6N8O2/c1-13-8-14(2)20(17(9-13)24(43)36-11-15-5-6-15)37-25(44)19-10-16(38-42(19)23-18(28)4-3-7-35-23)12-41-39-21(26(29,30)31)22(40-41)27(32,33)34/h3-4,7-10,15H,5-6,11-12H2,1-2H3,(H,36,43)(H,37,44). The molecule has 0 unspecified atom stereocenters. The molecule has 232 valence electrons. The summed E-state index contributed by atoms with van der Waals surface area (Å²) in [7, 11) is 0. The molecule has 17 heteroatoms. The van der Waals surface area contributed by atoms with Crippen molar-refractivity contribution in [2.24, 2.45) is 5.92 Å². The lowest BCUT2D eigenvalue weighted by atomic mass is 10.0. The van der Waals surface area contributed by atoms with Crippen molar-refractivity contribution in [2.45, 2.75) is 45.6 Å². The van der Waals surface area contributed by atoms with Crippen LogP contribution >= 0.6 is 11.6 Å². The molecule has 1 aliphatic carbocycles. The van der Waals surface area contributed by atoms with Gasteiger partial charge in [-0.05, 0) is 68.0 Å². The number of nitrogens with zero attached hydrogens (tertiary/aromatic N) is 6. The van der Waals surface area contributed by atoms with Gasteiger partial charge in [0.25, 0.3) is 11.8 Å². The maximum absolute atomic E-state index is 13.7. The second-order valence-corrected chi connectivity index (χ2v) is 10.7. The highest BCUT2D eigenvalue weighted by Gasteiger charge is 2.48. The van der Waals surface area contributed by atoms with Gasteiger partial charge in [0.1, 0.15) is 12.2 Å². The van der Waals surface area contributed by atoms with E-state index < -0.39 is 42.1 Å². The Hall–Kier alpha value is -4.47. The van der Waals surface area contributed by atoms with Gasteiger partial charge in [-0.25, -0.2) is 9.67 Å². The van der Waals surface area contributed by atoms with Gasteiger partial charge < -0.3 is 10.6 Å². The number of anilines is 1. The van der Waals surface area contributed by atoms with Crippen molar-refractivity contribution >= 4 is 29.1 Å². The number of rotatable bonds is 8. The summed E-state index contributed by atoms with van der Waals surface area (Å²) in [6.45, 7) is 3.20. The minimum absolute atomic E-state index is 0.0405. The number of benzene rings is 1. The predicted octanol–water partition coefficient (Wildman–Crippen LogP) is 5.61. The van der Waals surface area contributed by atoms with Crippen molar-refractivity contribution in [3.63, 3.8) is 0 Å². The van der Waals surface area contributed by atoms with Crippen LogP contribution in [-0.2, 0) is 18.9 Å². The van der Waals surface area contributed by atoms with Crippen LogP contribution in [-0.4, -0.2) is 48.1 Å². The first kappa shape index (κ1) is 31.0. The molecule has 1 aliphatic rings. The Morgan fingerprint density at radius 2 is 1.64 bits per heavy atom. The van der Waals surface area contributed by atoms with E-state index in [0.29, 0.717) is 18.0 Å². The number of aryl methyl sites for hydroxylation is 2. The number of pyridine rings is 1. The maximum atomic E-state index is 13.7. The van der Waals surface area contributed by atoms with E-state index in [9.17, 15) is 35.9 Å². The summed E-state index contributed by atoms with van der Waals surface area (Å²) >= 11 is 6.28. The Morgan fingerprint density at radius 3 is 2.23 bits per heavy atom. The van der Waals surface area contributed by atoms with Gasteiger partial charge in [0, 0.05) is 12.7 Å². The number of carbonyl (C=O) groups is 2. The molecule has 1 aromatic carbocycles. The van der Waals surface area contributed by atoms with Crippen molar-refractivity contribution in [3.05, 3.63) is 81.0 Å². The molecule has 1 fully saturated rings. The number of hydrogen-bond donors (Lipinski definition) is 2. The number of aromatic nitrogens is 6. The number of alkyl halides is 6. The van der Waals surface area contributed by atoms with Gasteiger partial charge in [0.05, 0.1) is 22.0 Å². The Balaban J connectivity index is 1.52. The number of halogens is 7. The summed E-state index contributed by atoms with van der Waals surface area (Å²) < 4.78 is 80.6. The lowest BCUT2D eigenvalue weighted by Crippen LogP contribution is -2.28. The lowest BCUT2D eigenvalue weighted by molar-refractivity contribution is -0.165. The summed E-state index contributed by atoms with van der Waals surface area (Å²) in [6.07, 6.45) is -7.48. The molecule has 0 radical (unpaired) electrons. The fraction of sp³-hybridized carbons (Fsp3) is 0.333. The normalized spacial score (nSPS) is 13.7. The largest absolute Gasteiger partial charge is 0.437 e. The Labute approximate surface area is 250 Å². The van der Waals surface area contributed by atoms with Crippen molar-refractivity contribution in [1.29, 1.82) is 0 Å². The monoisotopic (exact) mass is 640 g/mol. The van der Waals surface area contributed by atoms with Crippen LogP contribution < -0.4 is 10.6 Å². The average Bonchev–Trinajstić information content (AvgIpc) is 3.49.